The van der Waals surface area contributed by atoms with E-state index in [1.54, 1.807) is 0 Å². The van der Waals surface area contributed by atoms with Crippen molar-refractivity contribution in [1.82, 2.24) is 10.2 Å². The number of amides is 2. The lowest BCUT2D eigenvalue weighted by Crippen LogP contribution is -2.61. The molecule has 0 bridgehead atoms. The van der Waals surface area contributed by atoms with E-state index in [0.29, 0.717) is 13.1 Å². The molecule has 1 heterocycles. The number of hydrogen-bond acceptors (Lipinski definition) is 3. The van der Waals surface area contributed by atoms with Crippen molar-refractivity contribution in [3.8, 4) is 0 Å². The summed E-state index contributed by atoms with van der Waals surface area (Å²) >= 11 is 0. The third-order valence-corrected chi connectivity index (χ3v) is 3.48. The Morgan fingerprint density at radius 2 is 2.19 bits per heavy atom. The highest BCUT2D eigenvalue weighted by atomic mass is 16.4. The van der Waals surface area contributed by atoms with E-state index in [1.807, 2.05) is 0 Å². The number of nitrogens with zero attached hydrogens (tertiary/aromatic N) is 1. The van der Waals surface area contributed by atoms with Crippen LogP contribution in [0.1, 0.15) is 12.8 Å². The normalized spacial score (nSPS) is 34.2. The topological polar surface area (TPSA) is 89.9 Å². The van der Waals surface area contributed by atoms with E-state index in [0.717, 1.165) is 12.8 Å². The zero-order chi connectivity index (χ0) is 11.7. The number of aliphatic hydroxyl groups excluding tert-OH is 1. The van der Waals surface area contributed by atoms with Gasteiger partial charge in [-0.25, -0.2) is 4.79 Å². The van der Waals surface area contributed by atoms with Gasteiger partial charge in [0.2, 0.25) is 5.91 Å². The zero-order valence-corrected chi connectivity index (χ0v) is 8.93. The van der Waals surface area contributed by atoms with Crippen molar-refractivity contribution in [2.24, 2.45) is 11.8 Å². The predicted octanol–water partition coefficient (Wildman–Crippen LogP) is -0.517. The average molecular weight is 228 g/mol. The molecule has 1 aliphatic heterocycles. The first kappa shape index (κ1) is 11.2. The molecule has 2 fully saturated rings. The highest BCUT2D eigenvalue weighted by Crippen LogP contribution is 2.38. The van der Waals surface area contributed by atoms with Crippen molar-refractivity contribution in [1.29, 1.82) is 0 Å². The van der Waals surface area contributed by atoms with E-state index >= 15 is 0 Å². The molecule has 16 heavy (non-hydrogen) atoms. The van der Waals surface area contributed by atoms with Gasteiger partial charge in [-0.05, 0) is 24.7 Å². The average Bonchev–Trinajstić information content (AvgIpc) is 2.18. The van der Waals surface area contributed by atoms with Crippen LogP contribution in [0.3, 0.4) is 0 Å². The summed E-state index contributed by atoms with van der Waals surface area (Å²) in [6.45, 7) is 0.863. The van der Waals surface area contributed by atoms with Crippen molar-refractivity contribution in [3.05, 3.63) is 0 Å². The SMILES string of the molecule is O=C1NCCN(C(=O)O)C1[C@H]1C[C@H](CO)C1. The minimum atomic E-state index is -1.03. The highest BCUT2D eigenvalue weighted by molar-refractivity contribution is 5.86. The summed E-state index contributed by atoms with van der Waals surface area (Å²) in [5.41, 5.74) is 0. The second-order valence-corrected chi connectivity index (χ2v) is 4.49. The molecule has 6 heteroatoms. The summed E-state index contributed by atoms with van der Waals surface area (Å²) in [5.74, 6) is 0.0963. The molecule has 6 nitrogen and oxygen atoms in total. The lowest BCUT2D eigenvalue weighted by Gasteiger charge is -2.44. The maximum atomic E-state index is 11.7. The van der Waals surface area contributed by atoms with Gasteiger partial charge in [-0.15, -0.1) is 0 Å². The van der Waals surface area contributed by atoms with Crippen molar-refractivity contribution < 1.29 is 19.8 Å². The number of carbonyl (C=O) groups excluding carboxylic acids is 1. The van der Waals surface area contributed by atoms with E-state index in [1.165, 1.54) is 4.90 Å². The van der Waals surface area contributed by atoms with Gasteiger partial charge in [0.05, 0.1) is 0 Å². The van der Waals surface area contributed by atoms with E-state index in [-0.39, 0.29) is 24.3 Å². The Kier molecular flexibility index (Phi) is 3.00. The summed E-state index contributed by atoms with van der Waals surface area (Å²) in [4.78, 5) is 23.9. The van der Waals surface area contributed by atoms with Gasteiger partial charge in [0.15, 0.2) is 0 Å². The van der Waals surface area contributed by atoms with Crippen LogP contribution < -0.4 is 5.32 Å². The number of rotatable bonds is 2. The van der Waals surface area contributed by atoms with Gasteiger partial charge in [-0.3, -0.25) is 9.69 Å². The van der Waals surface area contributed by atoms with E-state index in [4.69, 9.17) is 10.2 Å². The lowest BCUT2D eigenvalue weighted by atomic mass is 9.70. The molecular formula is C10H16N2O4. The van der Waals surface area contributed by atoms with Crippen LogP contribution in [0.5, 0.6) is 0 Å². The molecule has 1 aliphatic carbocycles. The maximum absolute atomic E-state index is 11.7. The van der Waals surface area contributed by atoms with Crippen LogP contribution >= 0.6 is 0 Å². The van der Waals surface area contributed by atoms with Gasteiger partial charge in [-0.1, -0.05) is 0 Å². The smallest absolute Gasteiger partial charge is 0.408 e. The maximum Gasteiger partial charge on any atom is 0.408 e. The van der Waals surface area contributed by atoms with Crippen LogP contribution in [-0.4, -0.2) is 52.9 Å². The standard InChI is InChI=1S/C10H16N2O4/c13-5-6-3-7(4-6)8-9(14)11-1-2-12(8)10(15)16/h6-8,13H,1-5H2,(H,11,14)(H,15,16)/t6-,7-,8?. The van der Waals surface area contributed by atoms with Crippen LogP contribution in [-0.2, 0) is 4.79 Å². The molecule has 1 atom stereocenters. The van der Waals surface area contributed by atoms with Gasteiger partial charge < -0.3 is 15.5 Å². The van der Waals surface area contributed by atoms with Gasteiger partial charge in [0, 0.05) is 19.7 Å². The predicted molar refractivity (Wildman–Crippen MR) is 54.8 cm³/mol. The number of carboxylic acid groups (broad SMARTS) is 1. The van der Waals surface area contributed by atoms with E-state index in [2.05, 4.69) is 5.32 Å². The minimum Gasteiger partial charge on any atom is -0.465 e. The van der Waals surface area contributed by atoms with Gasteiger partial charge in [-0.2, -0.15) is 0 Å². The Labute approximate surface area is 93.2 Å². The summed E-state index contributed by atoms with van der Waals surface area (Å²) in [6.07, 6.45) is 0.434. The summed E-state index contributed by atoms with van der Waals surface area (Å²) in [5, 5.41) is 20.6. The molecule has 1 unspecified atom stereocenters. The molecule has 0 spiro atoms. The van der Waals surface area contributed by atoms with Gasteiger partial charge in [0.25, 0.3) is 0 Å². The van der Waals surface area contributed by atoms with Crippen LogP contribution in [0.25, 0.3) is 0 Å². The first-order valence-electron chi connectivity index (χ1n) is 5.51. The highest BCUT2D eigenvalue weighted by Gasteiger charge is 2.44. The monoisotopic (exact) mass is 228 g/mol. The molecular weight excluding hydrogens is 212 g/mol. The number of nitrogens with one attached hydrogen (secondary N) is 1. The van der Waals surface area contributed by atoms with Gasteiger partial charge in [0.1, 0.15) is 6.04 Å². The molecule has 0 aromatic carbocycles. The Balaban J connectivity index is 2.03. The fourth-order valence-corrected chi connectivity index (χ4v) is 2.56. The summed E-state index contributed by atoms with van der Waals surface area (Å²) < 4.78 is 0. The van der Waals surface area contributed by atoms with Crippen molar-refractivity contribution in [2.45, 2.75) is 18.9 Å². The fraction of sp³-hybridized carbons (Fsp3) is 0.800. The number of piperazine rings is 1. The van der Waals surface area contributed by atoms with Crippen LogP contribution in [0, 0.1) is 11.8 Å². The lowest BCUT2D eigenvalue weighted by molar-refractivity contribution is -0.132. The van der Waals surface area contributed by atoms with Crippen LogP contribution in [0.15, 0.2) is 0 Å². The molecule has 0 radical (unpaired) electrons. The van der Waals surface area contributed by atoms with E-state index in [9.17, 15) is 9.59 Å². The molecule has 1 saturated heterocycles. The molecule has 0 aromatic heterocycles. The summed E-state index contributed by atoms with van der Waals surface area (Å²) in [6, 6.07) is -0.561. The van der Waals surface area contributed by atoms with Gasteiger partial charge >= 0.3 is 6.09 Å². The third-order valence-electron chi connectivity index (χ3n) is 3.48. The zero-order valence-electron chi connectivity index (χ0n) is 8.93. The largest absolute Gasteiger partial charge is 0.465 e. The van der Waals surface area contributed by atoms with Crippen molar-refractivity contribution in [3.63, 3.8) is 0 Å². The number of carbonyl (C=O) groups is 2. The second-order valence-electron chi connectivity index (χ2n) is 4.49. The molecule has 0 aromatic rings. The fourth-order valence-electron chi connectivity index (χ4n) is 2.56. The number of aliphatic hydroxyl groups is 1. The Hall–Kier alpha value is -1.30. The first-order chi connectivity index (χ1) is 7.63. The minimum absolute atomic E-state index is 0.0635. The molecule has 2 aliphatic rings. The van der Waals surface area contributed by atoms with Crippen molar-refractivity contribution in [2.75, 3.05) is 19.7 Å². The van der Waals surface area contributed by atoms with Crippen molar-refractivity contribution >= 4 is 12.0 Å². The molecule has 2 amide bonds. The first-order valence-corrected chi connectivity index (χ1v) is 5.51. The second kappa shape index (κ2) is 4.29. The van der Waals surface area contributed by atoms with Crippen LogP contribution in [0.4, 0.5) is 4.79 Å². The third kappa shape index (κ3) is 1.84. The number of hydrogen-bond donors (Lipinski definition) is 3. The molecule has 90 valence electrons. The van der Waals surface area contributed by atoms with E-state index < -0.39 is 12.1 Å². The molecule has 3 N–H and O–H groups in total. The summed E-state index contributed by atoms with van der Waals surface area (Å²) in [7, 11) is 0. The molecule has 1 saturated carbocycles. The molecule has 2 rings (SSSR count). The Bertz CT molecular complexity index is 301. The van der Waals surface area contributed by atoms with Crippen LogP contribution in [0.2, 0.25) is 0 Å². The Morgan fingerprint density at radius 3 is 2.75 bits per heavy atom. The Morgan fingerprint density at radius 1 is 1.50 bits per heavy atom. The quantitative estimate of drug-likeness (QED) is 0.593.